The average Bonchev–Trinajstić information content (AvgIpc) is 2.40. The molecule has 0 saturated heterocycles. The summed E-state index contributed by atoms with van der Waals surface area (Å²) in [6.07, 6.45) is 1.86. The largest absolute Gasteiger partial charge is 0.495 e. The molecule has 1 aromatic rings. The Hall–Kier alpha value is -0.810. The Labute approximate surface area is 113 Å². The number of rotatable bonds is 8. The van der Waals surface area contributed by atoms with E-state index in [0.29, 0.717) is 10.8 Å². The molecule has 1 atom stereocenters. The van der Waals surface area contributed by atoms with Crippen LogP contribution in [0.5, 0.6) is 5.75 Å². The van der Waals surface area contributed by atoms with Crippen LogP contribution in [0.1, 0.15) is 31.4 Å². The molecule has 0 aliphatic heterocycles. The Kier molecular flexibility index (Phi) is 7.05. The van der Waals surface area contributed by atoms with Gasteiger partial charge in [-0.25, -0.2) is 0 Å². The van der Waals surface area contributed by atoms with Gasteiger partial charge in [-0.1, -0.05) is 17.7 Å². The minimum Gasteiger partial charge on any atom is -0.495 e. The van der Waals surface area contributed by atoms with Crippen LogP contribution in [-0.4, -0.2) is 20.3 Å². The van der Waals surface area contributed by atoms with Crippen molar-refractivity contribution < 1.29 is 9.47 Å². The van der Waals surface area contributed by atoms with Crippen LogP contribution in [-0.2, 0) is 4.74 Å². The quantitative estimate of drug-likeness (QED) is 0.434. The first-order chi connectivity index (χ1) is 8.72. The van der Waals surface area contributed by atoms with Gasteiger partial charge in [0.15, 0.2) is 0 Å². The van der Waals surface area contributed by atoms with Gasteiger partial charge in [0.25, 0.3) is 0 Å². The first-order valence-corrected chi connectivity index (χ1v) is 6.48. The molecule has 3 N–H and O–H groups in total. The Morgan fingerprint density at radius 2 is 2.22 bits per heavy atom. The van der Waals surface area contributed by atoms with E-state index in [1.54, 1.807) is 7.11 Å². The van der Waals surface area contributed by atoms with Gasteiger partial charge in [-0.2, -0.15) is 0 Å². The van der Waals surface area contributed by atoms with Gasteiger partial charge < -0.3 is 9.47 Å². The zero-order valence-corrected chi connectivity index (χ0v) is 11.7. The van der Waals surface area contributed by atoms with Crippen molar-refractivity contribution >= 4 is 11.6 Å². The Bertz CT molecular complexity index is 361. The molecule has 5 heteroatoms. The van der Waals surface area contributed by atoms with Crippen LogP contribution in [0.25, 0.3) is 0 Å². The minimum absolute atomic E-state index is 0.0802. The average molecular weight is 273 g/mol. The van der Waals surface area contributed by atoms with Crippen molar-refractivity contribution in [3.8, 4) is 5.75 Å². The predicted molar refractivity (Wildman–Crippen MR) is 73.8 cm³/mol. The van der Waals surface area contributed by atoms with Gasteiger partial charge in [0.1, 0.15) is 5.75 Å². The highest BCUT2D eigenvalue weighted by Gasteiger charge is 2.11. The molecule has 0 aromatic heterocycles. The molecule has 18 heavy (non-hydrogen) atoms. The van der Waals surface area contributed by atoms with E-state index in [9.17, 15) is 0 Å². The lowest BCUT2D eigenvalue weighted by Gasteiger charge is -2.17. The zero-order valence-electron chi connectivity index (χ0n) is 10.9. The standard InChI is InChI=1S/C13H21ClN2O2/c1-3-18-8-4-5-12(16-15)10-6-7-11(14)13(9-10)17-2/h6-7,9,12,16H,3-5,8,15H2,1-2H3. The molecule has 0 aliphatic carbocycles. The monoisotopic (exact) mass is 272 g/mol. The number of ether oxygens (including phenoxy) is 2. The van der Waals surface area contributed by atoms with Crippen molar-refractivity contribution in [3.63, 3.8) is 0 Å². The second kappa shape index (κ2) is 8.32. The summed E-state index contributed by atoms with van der Waals surface area (Å²) in [7, 11) is 1.60. The summed E-state index contributed by atoms with van der Waals surface area (Å²) >= 11 is 5.99. The molecule has 0 spiro atoms. The topological polar surface area (TPSA) is 56.5 Å². The third kappa shape index (κ3) is 4.46. The van der Waals surface area contributed by atoms with E-state index in [4.69, 9.17) is 26.9 Å². The SMILES string of the molecule is CCOCCCC(NN)c1ccc(Cl)c(OC)c1. The lowest BCUT2D eigenvalue weighted by atomic mass is 10.0. The fraction of sp³-hybridized carbons (Fsp3) is 0.538. The zero-order chi connectivity index (χ0) is 13.4. The van der Waals surface area contributed by atoms with Crippen LogP contribution in [0.15, 0.2) is 18.2 Å². The number of methoxy groups -OCH3 is 1. The first-order valence-electron chi connectivity index (χ1n) is 6.10. The molecule has 0 amide bonds. The highest BCUT2D eigenvalue weighted by atomic mass is 35.5. The highest BCUT2D eigenvalue weighted by Crippen LogP contribution is 2.29. The molecule has 0 aliphatic rings. The number of hydrogen-bond acceptors (Lipinski definition) is 4. The van der Waals surface area contributed by atoms with Gasteiger partial charge in [0.2, 0.25) is 0 Å². The van der Waals surface area contributed by atoms with Crippen LogP contribution in [0.2, 0.25) is 5.02 Å². The molecular formula is C13H21ClN2O2. The second-order valence-corrected chi connectivity index (χ2v) is 4.36. The molecule has 0 bridgehead atoms. The molecule has 0 heterocycles. The molecule has 0 radical (unpaired) electrons. The van der Waals surface area contributed by atoms with Crippen LogP contribution < -0.4 is 16.0 Å². The Balaban J connectivity index is 2.63. The normalized spacial score (nSPS) is 12.4. The van der Waals surface area contributed by atoms with Gasteiger partial charge in [-0.15, -0.1) is 0 Å². The lowest BCUT2D eigenvalue weighted by molar-refractivity contribution is 0.141. The number of nitrogens with two attached hydrogens (primary N) is 1. The third-order valence-corrected chi connectivity index (χ3v) is 3.08. The van der Waals surface area contributed by atoms with Gasteiger partial charge in [0, 0.05) is 19.3 Å². The molecular weight excluding hydrogens is 252 g/mol. The van der Waals surface area contributed by atoms with Crippen LogP contribution >= 0.6 is 11.6 Å². The van der Waals surface area contributed by atoms with E-state index in [1.807, 2.05) is 25.1 Å². The van der Waals surface area contributed by atoms with Crippen LogP contribution in [0, 0.1) is 0 Å². The van der Waals surface area contributed by atoms with Gasteiger partial charge >= 0.3 is 0 Å². The second-order valence-electron chi connectivity index (χ2n) is 3.95. The maximum absolute atomic E-state index is 5.99. The maximum atomic E-state index is 5.99. The van der Waals surface area contributed by atoms with Crippen molar-refractivity contribution in [2.45, 2.75) is 25.8 Å². The summed E-state index contributed by atoms with van der Waals surface area (Å²) in [6.45, 7) is 3.48. The highest BCUT2D eigenvalue weighted by molar-refractivity contribution is 6.32. The van der Waals surface area contributed by atoms with E-state index in [2.05, 4.69) is 5.43 Å². The summed E-state index contributed by atoms with van der Waals surface area (Å²) in [6, 6.07) is 5.77. The summed E-state index contributed by atoms with van der Waals surface area (Å²) in [4.78, 5) is 0. The lowest BCUT2D eigenvalue weighted by Crippen LogP contribution is -2.28. The molecule has 4 nitrogen and oxygen atoms in total. The van der Waals surface area contributed by atoms with Crippen molar-refractivity contribution in [3.05, 3.63) is 28.8 Å². The van der Waals surface area contributed by atoms with Gasteiger partial charge in [-0.05, 0) is 37.5 Å². The molecule has 1 aromatic carbocycles. The number of halogens is 1. The van der Waals surface area contributed by atoms with Crippen molar-refractivity contribution in [2.24, 2.45) is 5.84 Å². The third-order valence-electron chi connectivity index (χ3n) is 2.76. The molecule has 1 rings (SSSR count). The number of hydrazine groups is 1. The fourth-order valence-electron chi connectivity index (χ4n) is 1.77. The molecule has 0 saturated carbocycles. The molecule has 1 unspecified atom stereocenters. The fourth-order valence-corrected chi connectivity index (χ4v) is 1.97. The maximum Gasteiger partial charge on any atom is 0.137 e. The summed E-state index contributed by atoms with van der Waals surface area (Å²) in [5, 5.41) is 0.603. The molecule has 102 valence electrons. The number of benzene rings is 1. The summed E-state index contributed by atoms with van der Waals surface area (Å²) in [5.41, 5.74) is 3.88. The van der Waals surface area contributed by atoms with E-state index in [0.717, 1.165) is 31.6 Å². The minimum atomic E-state index is 0.0802. The first kappa shape index (κ1) is 15.2. The Morgan fingerprint density at radius 1 is 1.44 bits per heavy atom. The smallest absolute Gasteiger partial charge is 0.137 e. The summed E-state index contributed by atoms with van der Waals surface area (Å²) < 4.78 is 10.5. The van der Waals surface area contributed by atoms with E-state index in [-0.39, 0.29) is 6.04 Å². The molecule has 0 fully saturated rings. The van der Waals surface area contributed by atoms with Gasteiger partial charge in [0.05, 0.1) is 12.1 Å². The number of nitrogens with one attached hydrogen (secondary N) is 1. The van der Waals surface area contributed by atoms with Crippen LogP contribution in [0.4, 0.5) is 0 Å². The van der Waals surface area contributed by atoms with Crippen molar-refractivity contribution in [1.82, 2.24) is 5.43 Å². The number of hydrogen-bond donors (Lipinski definition) is 2. The van der Waals surface area contributed by atoms with Crippen molar-refractivity contribution in [1.29, 1.82) is 0 Å². The van der Waals surface area contributed by atoms with E-state index < -0.39 is 0 Å². The Morgan fingerprint density at radius 3 is 2.83 bits per heavy atom. The van der Waals surface area contributed by atoms with Gasteiger partial charge in [-0.3, -0.25) is 11.3 Å². The van der Waals surface area contributed by atoms with Crippen molar-refractivity contribution in [2.75, 3.05) is 20.3 Å². The van der Waals surface area contributed by atoms with Crippen LogP contribution in [0.3, 0.4) is 0 Å². The predicted octanol–water partition coefficient (Wildman–Crippen LogP) is 2.67. The van der Waals surface area contributed by atoms with E-state index in [1.165, 1.54) is 0 Å². The summed E-state index contributed by atoms with van der Waals surface area (Å²) in [5.74, 6) is 6.25. The van der Waals surface area contributed by atoms with E-state index >= 15 is 0 Å².